The Morgan fingerprint density at radius 2 is 1.92 bits per heavy atom. The molecule has 3 aliphatic rings. The average molecular weight is 524 g/mol. The smallest absolute Gasteiger partial charge is 0.336 e. The largest absolute Gasteiger partial charge is 0.507 e. The van der Waals surface area contributed by atoms with E-state index in [2.05, 4.69) is 0 Å². The summed E-state index contributed by atoms with van der Waals surface area (Å²) in [5.74, 6) is -2.53. The molecule has 0 radical (unpaired) electrons. The summed E-state index contributed by atoms with van der Waals surface area (Å²) in [5, 5.41) is 50.3. The molecule has 204 valence electrons. The summed E-state index contributed by atoms with van der Waals surface area (Å²) in [7, 11) is 0. The number of carbonyl (C=O) groups is 2. The fourth-order valence-corrected chi connectivity index (χ4v) is 5.52. The maximum absolute atomic E-state index is 13.1. The Labute approximate surface area is 219 Å². The number of unbranched alkanes of at least 4 members (excludes halogenated alkanes) is 1. The van der Waals surface area contributed by atoms with Crippen molar-refractivity contribution in [2.45, 2.75) is 101 Å². The minimum atomic E-state index is -1.98. The van der Waals surface area contributed by atoms with E-state index in [0.29, 0.717) is 37.0 Å². The zero-order valence-electron chi connectivity index (χ0n) is 23.8. The lowest BCUT2D eigenvalue weighted by Gasteiger charge is -2.46. The van der Waals surface area contributed by atoms with Gasteiger partial charge in [0.15, 0.2) is 6.10 Å². The number of fused-ring (bicyclic) bond motifs is 3. The van der Waals surface area contributed by atoms with Crippen LogP contribution in [0.1, 0.15) is 74.0 Å². The van der Waals surface area contributed by atoms with E-state index < -0.39 is 61.0 Å². The highest BCUT2D eigenvalue weighted by Crippen LogP contribution is 2.53. The van der Waals surface area contributed by atoms with Crippen molar-refractivity contribution in [1.82, 2.24) is 0 Å². The van der Waals surface area contributed by atoms with Crippen molar-refractivity contribution in [3.63, 3.8) is 0 Å². The lowest BCUT2D eigenvalue weighted by Crippen LogP contribution is -2.60. The Kier molecular flexibility index (Phi) is 6.72. The maximum Gasteiger partial charge on any atom is 0.336 e. The van der Waals surface area contributed by atoms with Gasteiger partial charge in [-0.1, -0.05) is 25.8 Å². The number of benzene rings is 1. The van der Waals surface area contributed by atoms with Crippen molar-refractivity contribution < 1.29 is 53.4 Å². The second kappa shape index (κ2) is 10.6. The molecule has 1 saturated heterocycles. The number of phenols is 1. The fraction of sp³-hybridized carbons (Fsp3) is 0.630. The Bertz CT molecular complexity index is 1160. The molecule has 2 heterocycles. The van der Waals surface area contributed by atoms with Crippen LogP contribution < -0.4 is 4.74 Å². The lowest BCUT2D eigenvalue weighted by atomic mass is 9.67. The van der Waals surface area contributed by atoms with Gasteiger partial charge in [-0.05, 0) is 57.2 Å². The third kappa shape index (κ3) is 5.34. The molecule has 0 unspecified atom stereocenters. The van der Waals surface area contributed by atoms with Crippen LogP contribution in [-0.4, -0.2) is 73.8 Å². The van der Waals surface area contributed by atoms with Gasteiger partial charge in [0, 0.05) is 27.1 Å². The van der Waals surface area contributed by atoms with E-state index in [9.17, 15) is 35.1 Å². The molecule has 0 aromatic heterocycles. The van der Waals surface area contributed by atoms with Crippen LogP contribution in [-0.2, 0) is 25.5 Å². The standard InChI is InChI=1S/C27H36O10/c1-4-5-6-7-13-10-17(28)19-15-12-14(8-9-16(15)27(2,3)37-18(19)11-13)25(34)36-26-22(31)20(29)21(30)23(35-26)24(32)33/h10-12,15-16,20-23,26,28-31H,4-9H2,1-3H3,(H,32,33)/t15-,16-,20-,21-,22+,23-,26-/m0/s1/i1D3. The number of aliphatic hydroxyl groups excluding tert-OH is 3. The van der Waals surface area contributed by atoms with Crippen molar-refractivity contribution in [2.75, 3.05) is 0 Å². The molecule has 0 amide bonds. The number of carboxylic acid groups (broad SMARTS) is 1. The van der Waals surface area contributed by atoms with Crippen molar-refractivity contribution >= 4 is 11.9 Å². The number of phenolic OH excluding ortho intramolecular Hbond substituents is 1. The number of aromatic hydroxyl groups is 1. The summed E-state index contributed by atoms with van der Waals surface area (Å²) in [6.07, 6.45) is -5.12. The zero-order valence-corrected chi connectivity index (χ0v) is 20.8. The summed E-state index contributed by atoms with van der Waals surface area (Å²) in [4.78, 5) is 24.4. The van der Waals surface area contributed by atoms with Gasteiger partial charge >= 0.3 is 11.9 Å². The maximum atomic E-state index is 13.1. The van der Waals surface area contributed by atoms with E-state index in [1.165, 1.54) is 0 Å². The number of esters is 1. The van der Waals surface area contributed by atoms with E-state index in [0.717, 1.165) is 5.56 Å². The molecule has 5 N–H and O–H groups in total. The van der Waals surface area contributed by atoms with Crippen molar-refractivity contribution in [1.29, 1.82) is 0 Å². The second-order valence-corrected chi connectivity index (χ2v) is 10.4. The van der Waals surface area contributed by atoms with Crippen LogP contribution in [0.15, 0.2) is 23.8 Å². The van der Waals surface area contributed by atoms with Crippen LogP contribution in [0, 0.1) is 5.92 Å². The van der Waals surface area contributed by atoms with Gasteiger partial charge in [0.2, 0.25) is 6.29 Å². The highest BCUT2D eigenvalue weighted by Gasteiger charge is 2.50. The van der Waals surface area contributed by atoms with E-state index in [1.54, 1.807) is 12.1 Å². The van der Waals surface area contributed by atoms with E-state index in [1.807, 2.05) is 19.9 Å². The number of carboxylic acids is 1. The molecule has 37 heavy (non-hydrogen) atoms. The monoisotopic (exact) mass is 523 g/mol. The summed E-state index contributed by atoms with van der Waals surface area (Å²) < 4.78 is 38.7. The molecule has 10 heteroatoms. The number of rotatable bonds is 7. The zero-order chi connectivity index (χ0) is 29.6. The van der Waals surface area contributed by atoms with Gasteiger partial charge in [-0.2, -0.15) is 0 Å². The normalized spacial score (nSPS) is 33.9. The van der Waals surface area contributed by atoms with Crippen LogP contribution in [0.25, 0.3) is 0 Å². The highest BCUT2D eigenvalue weighted by atomic mass is 16.7. The van der Waals surface area contributed by atoms with Gasteiger partial charge in [0.05, 0.1) is 0 Å². The van der Waals surface area contributed by atoms with Crippen LogP contribution in [0.2, 0.25) is 0 Å². The first-order chi connectivity index (χ1) is 18.6. The van der Waals surface area contributed by atoms with Crippen molar-refractivity contribution in [3.05, 3.63) is 34.9 Å². The van der Waals surface area contributed by atoms with Gasteiger partial charge in [0.1, 0.15) is 35.4 Å². The number of allylic oxidation sites excluding steroid dienone is 1. The van der Waals surface area contributed by atoms with E-state index in [4.69, 9.17) is 18.3 Å². The molecule has 1 aromatic rings. The average Bonchev–Trinajstić information content (AvgIpc) is 2.85. The minimum Gasteiger partial charge on any atom is -0.507 e. The SMILES string of the molecule is [2H]C([2H])([2H])CCCCc1cc(O)c2c(c1)OC(C)(C)[C@H]1CCC(C(=O)O[C@@H]3O[C@H](C(=O)O)[C@@H](O)[C@H](O)[C@H]3O)=C[C@H]21. The van der Waals surface area contributed by atoms with Crippen molar-refractivity contribution in [2.24, 2.45) is 5.92 Å². The molecular formula is C27H36O10. The number of aliphatic hydroxyl groups is 3. The molecule has 2 aliphatic heterocycles. The summed E-state index contributed by atoms with van der Waals surface area (Å²) in [6.45, 7) is 1.87. The Morgan fingerprint density at radius 1 is 1.16 bits per heavy atom. The number of hydrogen-bond acceptors (Lipinski definition) is 9. The van der Waals surface area contributed by atoms with Crippen LogP contribution >= 0.6 is 0 Å². The first kappa shape index (κ1) is 23.5. The number of hydrogen-bond donors (Lipinski definition) is 5. The number of aliphatic carboxylic acids is 1. The molecule has 0 saturated carbocycles. The van der Waals surface area contributed by atoms with Gasteiger partial charge in [-0.25, -0.2) is 9.59 Å². The summed E-state index contributed by atoms with van der Waals surface area (Å²) >= 11 is 0. The van der Waals surface area contributed by atoms with Crippen LogP contribution in [0.4, 0.5) is 0 Å². The molecule has 0 bridgehead atoms. The third-order valence-corrected chi connectivity index (χ3v) is 7.51. The Balaban J connectivity index is 1.55. The number of carbonyl (C=O) groups excluding carboxylic acids is 1. The predicted molar refractivity (Wildman–Crippen MR) is 130 cm³/mol. The number of ether oxygens (including phenoxy) is 3. The van der Waals surface area contributed by atoms with Gasteiger partial charge in [-0.15, -0.1) is 0 Å². The molecule has 4 rings (SSSR count). The first-order valence-electron chi connectivity index (χ1n) is 14.0. The van der Waals surface area contributed by atoms with E-state index in [-0.39, 0.29) is 30.1 Å². The fourth-order valence-electron chi connectivity index (χ4n) is 5.52. The molecule has 1 fully saturated rings. The van der Waals surface area contributed by atoms with Crippen molar-refractivity contribution in [3.8, 4) is 11.5 Å². The Hall–Kier alpha value is -2.66. The minimum absolute atomic E-state index is 0.00728. The molecule has 0 spiro atoms. The second-order valence-electron chi connectivity index (χ2n) is 10.4. The summed E-state index contributed by atoms with van der Waals surface area (Å²) in [6, 6.07) is 3.45. The van der Waals surface area contributed by atoms with Crippen LogP contribution in [0.5, 0.6) is 11.5 Å². The van der Waals surface area contributed by atoms with Gasteiger partial charge in [-0.3, -0.25) is 0 Å². The molecule has 10 nitrogen and oxygen atoms in total. The molecular weight excluding hydrogens is 484 g/mol. The number of aryl methyl sites for hydroxylation is 1. The Morgan fingerprint density at radius 3 is 2.62 bits per heavy atom. The third-order valence-electron chi connectivity index (χ3n) is 7.51. The first-order valence-corrected chi connectivity index (χ1v) is 12.5. The molecule has 1 aromatic carbocycles. The van der Waals surface area contributed by atoms with Crippen LogP contribution in [0.3, 0.4) is 0 Å². The van der Waals surface area contributed by atoms with E-state index >= 15 is 0 Å². The summed E-state index contributed by atoms with van der Waals surface area (Å²) in [5.41, 5.74) is 0.890. The lowest BCUT2D eigenvalue weighted by molar-refractivity contribution is -0.285. The topological polar surface area (TPSA) is 163 Å². The highest BCUT2D eigenvalue weighted by molar-refractivity contribution is 5.89. The predicted octanol–water partition coefficient (Wildman–Crippen LogP) is 2.15. The molecule has 7 atom stereocenters. The van der Waals surface area contributed by atoms with Gasteiger partial charge < -0.3 is 39.7 Å². The van der Waals surface area contributed by atoms with Gasteiger partial charge in [0.25, 0.3) is 0 Å². The molecule has 1 aliphatic carbocycles. The quantitative estimate of drug-likeness (QED) is 0.264.